The zero-order valence-corrected chi connectivity index (χ0v) is 11.5. The van der Waals surface area contributed by atoms with Crippen molar-refractivity contribution in [1.82, 2.24) is 4.90 Å². The Morgan fingerprint density at radius 1 is 1.30 bits per heavy atom. The first-order valence-corrected chi connectivity index (χ1v) is 5.99. The summed E-state index contributed by atoms with van der Waals surface area (Å²) in [6, 6.07) is -2.07. The van der Waals surface area contributed by atoms with Crippen molar-refractivity contribution >= 4 is 6.09 Å². The Kier molecular flexibility index (Phi) is 5.01. The van der Waals surface area contributed by atoms with E-state index in [1.165, 1.54) is 0 Å². The Morgan fingerprint density at radius 2 is 1.90 bits per heavy atom. The van der Waals surface area contributed by atoms with E-state index in [2.05, 4.69) is 20.1 Å². The van der Waals surface area contributed by atoms with Crippen molar-refractivity contribution in [3.8, 4) is 0 Å². The summed E-state index contributed by atoms with van der Waals surface area (Å²) in [6.45, 7) is 4.75. The highest BCUT2D eigenvalue weighted by Gasteiger charge is 2.39. The fourth-order valence-electron chi connectivity index (χ4n) is 1.82. The fourth-order valence-corrected chi connectivity index (χ4v) is 1.82. The molecule has 1 saturated heterocycles. The Bertz CT molecular complexity index is 465. The molecule has 3 atom stereocenters. The molecular weight excluding hydrogens is 269 g/mol. The molecule has 0 bridgehead atoms. The molecular formula is C10H16FN7O2. The van der Waals surface area contributed by atoms with E-state index in [0.717, 1.165) is 4.90 Å². The number of amides is 1. The van der Waals surface area contributed by atoms with Gasteiger partial charge in [0.05, 0.1) is 18.6 Å². The van der Waals surface area contributed by atoms with Gasteiger partial charge in [-0.2, -0.15) is 0 Å². The van der Waals surface area contributed by atoms with Crippen LogP contribution >= 0.6 is 0 Å². The summed E-state index contributed by atoms with van der Waals surface area (Å²) in [5.74, 6) is 0. The van der Waals surface area contributed by atoms with Crippen LogP contribution in [0.1, 0.15) is 20.8 Å². The first kappa shape index (κ1) is 15.9. The highest BCUT2D eigenvalue weighted by Crippen LogP contribution is 2.22. The van der Waals surface area contributed by atoms with Crippen LogP contribution in [0.15, 0.2) is 10.2 Å². The summed E-state index contributed by atoms with van der Waals surface area (Å²) in [4.78, 5) is 18.1. The van der Waals surface area contributed by atoms with Gasteiger partial charge in [0.15, 0.2) is 0 Å². The maximum atomic E-state index is 14.0. The molecule has 1 amide bonds. The van der Waals surface area contributed by atoms with Crippen LogP contribution in [0.5, 0.6) is 0 Å². The number of likely N-dealkylation sites (tertiary alicyclic amines) is 1. The minimum absolute atomic E-state index is 0.0525. The molecule has 10 heteroatoms. The molecule has 9 nitrogen and oxygen atoms in total. The highest BCUT2D eigenvalue weighted by molar-refractivity contribution is 5.68. The highest BCUT2D eigenvalue weighted by atomic mass is 19.1. The third-order valence-corrected chi connectivity index (χ3v) is 2.60. The molecule has 110 valence electrons. The summed E-state index contributed by atoms with van der Waals surface area (Å²) in [5, 5.41) is 6.68. The normalized spacial score (nSPS) is 26.2. The van der Waals surface area contributed by atoms with E-state index in [4.69, 9.17) is 15.8 Å². The minimum atomic E-state index is -1.61. The second-order valence-electron chi connectivity index (χ2n) is 5.37. The van der Waals surface area contributed by atoms with Gasteiger partial charge in [-0.1, -0.05) is 10.2 Å². The molecule has 0 aromatic carbocycles. The van der Waals surface area contributed by atoms with Gasteiger partial charge in [0.1, 0.15) is 11.8 Å². The second kappa shape index (κ2) is 6.31. The molecule has 0 aromatic rings. The predicted molar refractivity (Wildman–Crippen MR) is 68.6 cm³/mol. The van der Waals surface area contributed by atoms with E-state index >= 15 is 0 Å². The van der Waals surface area contributed by atoms with Crippen molar-refractivity contribution in [2.24, 2.45) is 10.2 Å². The molecule has 0 unspecified atom stereocenters. The van der Waals surface area contributed by atoms with Crippen molar-refractivity contribution < 1.29 is 13.9 Å². The Morgan fingerprint density at radius 3 is 2.40 bits per heavy atom. The molecule has 1 aliphatic rings. The maximum absolute atomic E-state index is 14.0. The van der Waals surface area contributed by atoms with Crippen LogP contribution < -0.4 is 0 Å². The number of nitrogens with zero attached hydrogens (tertiary/aromatic N) is 7. The lowest BCUT2D eigenvalue weighted by atomic mass is 9.99. The first-order valence-electron chi connectivity index (χ1n) is 5.99. The van der Waals surface area contributed by atoms with Crippen molar-refractivity contribution in [2.45, 2.75) is 44.6 Å². The van der Waals surface area contributed by atoms with Crippen LogP contribution in [0.4, 0.5) is 9.18 Å². The number of azide groups is 2. The van der Waals surface area contributed by atoms with Crippen molar-refractivity contribution in [2.75, 3.05) is 13.1 Å². The van der Waals surface area contributed by atoms with Gasteiger partial charge in [0, 0.05) is 16.4 Å². The molecule has 0 N–H and O–H groups in total. The van der Waals surface area contributed by atoms with Crippen LogP contribution in [0.2, 0.25) is 0 Å². The molecule has 20 heavy (non-hydrogen) atoms. The summed E-state index contributed by atoms with van der Waals surface area (Å²) >= 11 is 0. The summed E-state index contributed by atoms with van der Waals surface area (Å²) in [5.41, 5.74) is 16.2. The van der Waals surface area contributed by atoms with Gasteiger partial charge in [0.2, 0.25) is 0 Å². The van der Waals surface area contributed by atoms with E-state index in [-0.39, 0.29) is 13.1 Å². The summed E-state index contributed by atoms with van der Waals surface area (Å²) < 4.78 is 19.1. The zero-order valence-electron chi connectivity index (χ0n) is 11.5. The van der Waals surface area contributed by atoms with Crippen LogP contribution in [0, 0.1) is 0 Å². The largest absolute Gasteiger partial charge is 0.444 e. The number of halogens is 1. The van der Waals surface area contributed by atoms with Gasteiger partial charge in [0.25, 0.3) is 0 Å². The molecule has 1 aliphatic heterocycles. The van der Waals surface area contributed by atoms with Gasteiger partial charge in [-0.3, -0.25) is 0 Å². The number of carbonyl (C=O) groups excluding carboxylic acids is 1. The predicted octanol–water partition coefficient (Wildman–Crippen LogP) is 2.93. The third kappa shape index (κ3) is 4.18. The lowest BCUT2D eigenvalue weighted by Crippen LogP contribution is -2.54. The van der Waals surface area contributed by atoms with E-state index in [1.54, 1.807) is 20.8 Å². The molecule has 1 rings (SSSR count). The van der Waals surface area contributed by atoms with E-state index < -0.39 is 29.9 Å². The standard InChI is InChI=1S/C10H16FN7O2/c1-10(2,3)20-9(19)18-4-6(11)8(15-17-13)7(5-18)14-16-12/h6-8H,4-5H2,1-3H3/t6-,7-,8+/m1/s1. The number of hydrogen-bond acceptors (Lipinski definition) is 4. The Balaban J connectivity index is 2.87. The lowest BCUT2D eigenvalue weighted by Gasteiger charge is -2.37. The van der Waals surface area contributed by atoms with E-state index in [9.17, 15) is 9.18 Å². The van der Waals surface area contributed by atoms with Gasteiger partial charge in [-0.05, 0) is 31.8 Å². The van der Waals surface area contributed by atoms with E-state index in [1.807, 2.05) is 0 Å². The SMILES string of the molecule is CC(C)(C)OC(=O)N1C[C@@H](F)[C@H](N=[N+]=[N-])[C@H](N=[N+]=[N-])C1. The van der Waals surface area contributed by atoms with Crippen molar-refractivity contribution in [1.29, 1.82) is 0 Å². The molecule has 1 fully saturated rings. The molecule has 0 spiro atoms. The van der Waals surface area contributed by atoms with Gasteiger partial charge >= 0.3 is 6.09 Å². The summed E-state index contributed by atoms with van der Waals surface area (Å²) in [6.07, 6.45) is -2.31. The maximum Gasteiger partial charge on any atom is 0.410 e. The number of ether oxygens (including phenoxy) is 1. The molecule has 0 aliphatic carbocycles. The molecule has 0 aromatic heterocycles. The Labute approximate surface area is 114 Å². The average molecular weight is 285 g/mol. The van der Waals surface area contributed by atoms with Gasteiger partial charge in [-0.15, -0.1) is 0 Å². The van der Waals surface area contributed by atoms with Crippen LogP contribution in [-0.2, 0) is 4.74 Å². The van der Waals surface area contributed by atoms with Crippen molar-refractivity contribution in [3.05, 3.63) is 20.9 Å². The van der Waals surface area contributed by atoms with Gasteiger partial charge in [-0.25, -0.2) is 9.18 Å². The quantitative estimate of drug-likeness (QED) is 0.439. The van der Waals surface area contributed by atoms with Gasteiger partial charge < -0.3 is 9.64 Å². The van der Waals surface area contributed by atoms with Crippen LogP contribution in [0.25, 0.3) is 20.9 Å². The fraction of sp³-hybridized carbons (Fsp3) is 0.900. The number of hydrogen-bond donors (Lipinski definition) is 0. The van der Waals surface area contributed by atoms with Crippen molar-refractivity contribution in [3.63, 3.8) is 0 Å². The number of piperidine rings is 1. The topological polar surface area (TPSA) is 127 Å². The lowest BCUT2D eigenvalue weighted by molar-refractivity contribution is 0.00869. The average Bonchev–Trinajstić information content (AvgIpc) is 2.31. The number of rotatable bonds is 2. The number of carbonyl (C=O) groups is 1. The first-order chi connectivity index (χ1) is 9.28. The second-order valence-corrected chi connectivity index (χ2v) is 5.37. The van der Waals surface area contributed by atoms with Crippen LogP contribution in [-0.4, -0.2) is 47.9 Å². The Hall–Kier alpha value is -2.18. The third-order valence-electron chi connectivity index (χ3n) is 2.60. The molecule has 0 radical (unpaired) electrons. The van der Waals surface area contributed by atoms with E-state index in [0.29, 0.717) is 0 Å². The number of alkyl halides is 1. The minimum Gasteiger partial charge on any atom is -0.444 e. The summed E-state index contributed by atoms with van der Waals surface area (Å²) in [7, 11) is 0. The smallest absolute Gasteiger partial charge is 0.410 e. The molecule has 0 saturated carbocycles. The monoisotopic (exact) mass is 285 g/mol. The van der Waals surface area contributed by atoms with Crippen LogP contribution in [0.3, 0.4) is 0 Å². The molecule has 1 heterocycles. The zero-order chi connectivity index (χ0) is 15.3.